The van der Waals surface area contributed by atoms with Gasteiger partial charge in [0.25, 0.3) is 0 Å². The number of aromatic amines is 1. The minimum Gasteiger partial charge on any atom is -0.396 e. The van der Waals surface area contributed by atoms with Gasteiger partial charge >= 0.3 is 0 Å². The van der Waals surface area contributed by atoms with Gasteiger partial charge < -0.3 is 15.8 Å². The maximum atomic E-state index is 13.2. The third-order valence-corrected chi connectivity index (χ3v) is 3.04. The number of benzene rings is 1. The molecule has 98 valence electrons. The first kappa shape index (κ1) is 11.9. The lowest BCUT2D eigenvalue weighted by Crippen LogP contribution is -1.93. The first-order valence-electron chi connectivity index (χ1n) is 6.03. The molecule has 0 radical (unpaired) electrons. The van der Waals surface area contributed by atoms with Crippen molar-refractivity contribution in [2.75, 3.05) is 12.3 Å². The SMILES string of the molecule is Nc1nc2cc(F)ccc2c2[nH]c(CCCO)nc12. The van der Waals surface area contributed by atoms with Crippen LogP contribution in [0.3, 0.4) is 0 Å². The Morgan fingerprint density at radius 2 is 2.16 bits per heavy atom. The number of hydrogen-bond acceptors (Lipinski definition) is 4. The lowest BCUT2D eigenvalue weighted by atomic mass is 10.2. The average Bonchev–Trinajstić information content (AvgIpc) is 2.81. The molecule has 0 aliphatic heterocycles. The number of nitrogens with one attached hydrogen (secondary N) is 1. The standard InChI is InChI=1S/C13H13FN4O/c14-7-3-4-8-9(6-7)16-13(15)12-11(8)17-10(18-12)2-1-5-19/h3-4,6,19H,1-2,5H2,(H2,15,16)(H,17,18). The van der Waals surface area contributed by atoms with E-state index in [1.54, 1.807) is 6.07 Å². The number of aryl methyl sites for hydroxylation is 1. The van der Waals surface area contributed by atoms with E-state index in [-0.39, 0.29) is 18.2 Å². The zero-order valence-electron chi connectivity index (χ0n) is 10.2. The molecule has 4 N–H and O–H groups in total. The Morgan fingerprint density at radius 3 is 2.95 bits per heavy atom. The van der Waals surface area contributed by atoms with Gasteiger partial charge in [0.15, 0.2) is 5.82 Å². The fourth-order valence-electron chi connectivity index (χ4n) is 2.16. The van der Waals surface area contributed by atoms with Gasteiger partial charge in [-0.25, -0.2) is 14.4 Å². The number of rotatable bonds is 3. The lowest BCUT2D eigenvalue weighted by molar-refractivity contribution is 0.287. The highest BCUT2D eigenvalue weighted by atomic mass is 19.1. The van der Waals surface area contributed by atoms with Crippen molar-refractivity contribution in [1.29, 1.82) is 0 Å². The smallest absolute Gasteiger partial charge is 0.152 e. The second-order valence-corrected chi connectivity index (χ2v) is 4.39. The first-order chi connectivity index (χ1) is 9.19. The third-order valence-electron chi connectivity index (χ3n) is 3.04. The van der Waals surface area contributed by atoms with Crippen LogP contribution in [0.25, 0.3) is 21.9 Å². The van der Waals surface area contributed by atoms with Crippen molar-refractivity contribution in [3.05, 3.63) is 29.8 Å². The van der Waals surface area contributed by atoms with E-state index < -0.39 is 0 Å². The summed E-state index contributed by atoms with van der Waals surface area (Å²) in [5, 5.41) is 9.62. The molecule has 2 heterocycles. The molecule has 0 amide bonds. The quantitative estimate of drug-likeness (QED) is 0.669. The molecule has 3 aromatic rings. The molecule has 0 atom stereocenters. The Bertz CT molecular complexity index is 753. The molecule has 0 aliphatic rings. The van der Waals surface area contributed by atoms with Crippen LogP contribution in [0.15, 0.2) is 18.2 Å². The summed E-state index contributed by atoms with van der Waals surface area (Å²) in [5.74, 6) is 0.674. The predicted molar refractivity (Wildman–Crippen MR) is 71.2 cm³/mol. The van der Waals surface area contributed by atoms with Crippen molar-refractivity contribution < 1.29 is 9.50 Å². The van der Waals surface area contributed by atoms with Gasteiger partial charge in [0.2, 0.25) is 0 Å². The molecule has 0 spiro atoms. The summed E-state index contributed by atoms with van der Waals surface area (Å²) in [6.45, 7) is 0.108. The molecule has 0 bridgehead atoms. The minimum atomic E-state index is -0.348. The van der Waals surface area contributed by atoms with Crippen molar-refractivity contribution >= 4 is 27.8 Å². The number of fused-ring (bicyclic) bond motifs is 3. The highest BCUT2D eigenvalue weighted by molar-refractivity contribution is 6.06. The molecule has 1 aromatic carbocycles. The minimum absolute atomic E-state index is 0.108. The normalized spacial score (nSPS) is 11.5. The van der Waals surface area contributed by atoms with Crippen LogP contribution in [-0.2, 0) is 6.42 Å². The zero-order valence-corrected chi connectivity index (χ0v) is 10.2. The number of aliphatic hydroxyl groups excluding tert-OH is 1. The number of anilines is 1. The second-order valence-electron chi connectivity index (χ2n) is 4.39. The summed E-state index contributed by atoms with van der Waals surface area (Å²) in [7, 11) is 0. The number of nitrogens with two attached hydrogens (primary N) is 1. The van der Waals surface area contributed by atoms with Gasteiger partial charge in [-0.1, -0.05) is 0 Å². The summed E-state index contributed by atoms with van der Waals surface area (Å²) in [6.07, 6.45) is 1.26. The number of nitrogens with zero attached hydrogens (tertiary/aromatic N) is 2. The Balaban J connectivity index is 2.24. The number of aliphatic hydroxyl groups is 1. The van der Waals surface area contributed by atoms with Gasteiger partial charge in [0.1, 0.15) is 17.2 Å². The largest absolute Gasteiger partial charge is 0.396 e. The molecule has 0 unspecified atom stereocenters. The second kappa shape index (κ2) is 4.47. The summed E-state index contributed by atoms with van der Waals surface area (Å²) >= 11 is 0. The van der Waals surface area contributed by atoms with Crippen LogP contribution >= 0.6 is 0 Å². The van der Waals surface area contributed by atoms with E-state index in [4.69, 9.17) is 10.8 Å². The highest BCUT2D eigenvalue weighted by Gasteiger charge is 2.11. The van der Waals surface area contributed by atoms with Crippen molar-refractivity contribution in [3.8, 4) is 0 Å². The molecule has 3 rings (SSSR count). The molecule has 0 fully saturated rings. The zero-order chi connectivity index (χ0) is 13.4. The molecular weight excluding hydrogens is 247 g/mol. The number of halogens is 1. The number of H-pyrrole nitrogens is 1. The molecule has 2 aromatic heterocycles. The molecule has 5 nitrogen and oxygen atoms in total. The molecule has 0 aliphatic carbocycles. The molecule has 0 saturated heterocycles. The molecule has 6 heteroatoms. The topological polar surface area (TPSA) is 87.8 Å². The van der Waals surface area contributed by atoms with Gasteiger partial charge in [-0.15, -0.1) is 0 Å². The maximum Gasteiger partial charge on any atom is 0.152 e. The third kappa shape index (κ3) is 2.00. The Hall–Kier alpha value is -2.21. The van der Waals surface area contributed by atoms with Crippen molar-refractivity contribution in [2.45, 2.75) is 12.8 Å². The van der Waals surface area contributed by atoms with E-state index in [2.05, 4.69) is 15.0 Å². The monoisotopic (exact) mass is 260 g/mol. The van der Waals surface area contributed by atoms with Gasteiger partial charge in [-0.3, -0.25) is 0 Å². The van der Waals surface area contributed by atoms with Gasteiger partial charge in [-0.05, 0) is 18.6 Å². The van der Waals surface area contributed by atoms with Crippen LogP contribution in [0.2, 0.25) is 0 Å². The Labute approximate surface area is 108 Å². The van der Waals surface area contributed by atoms with E-state index >= 15 is 0 Å². The Morgan fingerprint density at radius 1 is 1.32 bits per heavy atom. The number of imidazole rings is 1. The number of nitrogen functional groups attached to an aromatic ring is 1. The Kier molecular flexibility index (Phi) is 2.79. The van der Waals surface area contributed by atoms with Crippen molar-refractivity contribution in [3.63, 3.8) is 0 Å². The van der Waals surface area contributed by atoms with Crippen LogP contribution in [0, 0.1) is 5.82 Å². The van der Waals surface area contributed by atoms with Gasteiger partial charge in [-0.2, -0.15) is 0 Å². The maximum absolute atomic E-state index is 13.2. The van der Waals surface area contributed by atoms with Crippen molar-refractivity contribution in [1.82, 2.24) is 15.0 Å². The molecule has 19 heavy (non-hydrogen) atoms. The average molecular weight is 260 g/mol. The number of pyridine rings is 1. The van der Waals surface area contributed by atoms with Crippen molar-refractivity contribution in [2.24, 2.45) is 0 Å². The van der Waals surface area contributed by atoms with E-state index in [1.807, 2.05) is 0 Å². The lowest BCUT2D eigenvalue weighted by Gasteiger charge is -2.01. The van der Waals surface area contributed by atoms with Crippen LogP contribution in [0.4, 0.5) is 10.2 Å². The highest BCUT2D eigenvalue weighted by Crippen LogP contribution is 2.26. The van der Waals surface area contributed by atoms with E-state index in [1.165, 1.54) is 12.1 Å². The fraction of sp³-hybridized carbons (Fsp3) is 0.231. The van der Waals surface area contributed by atoms with Crippen LogP contribution in [-0.4, -0.2) is 26.7 Å². The van der Waals surface area contributed by atoms with E-state index in [0.717, 1.165) is 16.7 Å². The fourth-order valence-corrected chi connectivity index (χ4v) is 2.16. The first-order valence-corrected chi connectivity index (χ1v) is 6.03. The predicted octanol–water partition coefficient (Wildman–Crippen LogP) is 1.76. The summed E-state index contributed by atoms with van der Waals surface area (Å²) in [6, 6.07) is 4.39. The van der Waals surface area contributed by atoms with Crippen LogP contribution in [0.1, 0.15) is 12.2 Å². The summed E-state index contributed by atoms with van der Waals surface area (Å²) in [4.78, 5) is 11.7. The summed E-state index contributed by atoms with van der Waals surface area (Å²) < 4.78 is 13.2. The number of aromatic nitrogens is 3. The van der Waals surface area contributed by atoms with Gasteiger partial charge in [0.05, 0.1) is 11.0 Å². The van der Waals surface area contributed by atoms with Gasteiger partial charge in [0, 0.05) is 24.5 Å². The summed E-state index contributed by atoms with van der Waals surface area (Å²) in [5.41, 5.74) is 7.70. The molecule has 0 saturated carbocycles. The van der Waals surface area contributed by atoms with E-state index in [0.29, 0.717) is 23.9 Å². The number of hydrogen-bond donors (Lipinski definition) is 3. The van der Waals surface area contributed by atoms with E-state index in [9.17, 15) is 4.39 Å². The van der Waals surface area contributed by atoms with Crippen LogP contribution in [0.5, 0.6) is 0 Å². The molecular formula is C13H13FN4O. The van der Waals surface area contributed by atoms with Crippen LogP contribution < -0.4 is 5.73 Å².